The van der Waals surface area contributed by atoms with Crippen molar-refractivity contribution in [2.75, 3.05) is 0 Å². The van der Waals surface area contributed by atoms with Crippen LogP contribution in [-0.4, -0.2) is 22.2 Å². The number of nitrogens with zero attached hydrogens (tertiary/aromatic N) is 2. The van der Waals surface area contributed by atoms with E-state index < -0.39 is 6.10 Å². The second-order valence-electron chi connectivity index (χ2n) is 6.07. The van der Waals surface area contributed by atoms with Gasteiger partial charge in [-0.2, -0.15) is 4.98 Å². The van der Waals surface area contributed by atoms with E-state index in [2.05, 4.69) is 31.4 Å². The van der Waals surface area contributed by atoms with Gasteiger partial charge >= 0.3 is 0 Å². The smallest absolute Gasteiger partial charge is 0.261 e. The minimum absolute atomic E-state index is 0.146. The third-order valence-electron chi connectivity index (χ3n) is 3.93. The molecule has 1 aromatic heterocycles. The van der Waals surface area contributed by atoms with Gasteiger partial charge in [-0.25, -0.2) is 0 Å². The Balaban J connectivity index is 1.58. The number of nitrogens with one attached hydrogen (secondary N) is 1. The number of hydrogen-bond donors (Lipinski definition) is 1. The van der Waals surface area contributed by atoms with Crippen molar-refractivity contribution < 1.29 is 14.1 Å². The molecule has 0 spiro atoms. The minimum atomic E-state index is -0.583. The molecule has 0 aliphatic heterocycles. The van der Waals surface area contributed by atoms with Crippen molar-refractivity contribution in [3.8, 4) is 17.1 Å². The molecule has 1 N–H and O–H groups in total. The van der Waals surface area contributed by atoms with E-state index in [0.29, 0.717) is 23.9 Å². The van der Waals surface area contributed by atoms with Crippen LogP contribution in [0.1, 0.15) is 24.8 Å². The van der Waals surface area contributed by atoms with Crippen molar-refractivity contribution in [2.45, 2.75) is 32.9 Å². The highest BCUT2D eigenvalue weighted by atomic mass is 79.9. The summed E-state index contributed by atoms with van der Waals surface area (Å²) in [4.78, 5) is 16.7. The van der Waals surface area contributed by atoms with E-state index in [-0.39, 0.29) is 12.5 Å². The largest absolute Gasteiger partial charge is 0.481 e. The van der Waals surface area contributed by atoms with Crippen LogP contribution < -0.4 is 10.1 Å². The summed E-state index contributed by atoms with van der Waals surface area (Å²) in [6, 6.07) is 15.2. The molecular formula is C20H20BrN3O3. The molecule has 1 heterocycles. The Morgan fingerprint density at radius 3 is 2.74 bits per heavy atom. The topological polar surface area (TPSA) is 77.2 Å². The average molecular weight is 430 g/mol. The molecule has 0 saturated heterocycles. The van der Waals surface area contributed by atoms with Crippen LogP contribution in [0.25, 0.3) is 11.4 Å². The molecule has 7 heteroatoms. The van der Waals surface area contributed by atoms with Gasteiger partial charge in [0.1, 0.15) is 5.75 Å². The Morgan fingerprint density at radius 2 is 2.04 bits per heavy atom. The fourth-order valence-electron chi connectivity index (χ4n) is 2.45. The van der Waals surface area contributed by atoms with Crippen molar-refractivity contribution >= 4 is 21.8 Å². The summed E-state index contributed by atoms with van der Waals surface area (Å²) in [6.45, 7) is 4.05. The first kappa shape index (κ1) is 19.1. The quantitative estimate of drug-likeness (QED) is 0.606. The highest BCUT2D eigenvalue weighted by Gasteiger charge is 2.19. The number of aryl methyl sites for hydroxylation is 1. The Kier molecular flexibility index (Phi) is 6.24. The summed E-state index contributed by atoms with van der Waals surface area (Å²) in [5.74, 6) is 1.25. The van der Waals surface area contributed by atoms with Crippen molar-refractivity contribution in [3.63, 3.8) is 0 Å². The summed E-state index contributed by atoms with van der Waals surface area (Å²) in [5.41, 5.74) is 1.97. The van der Waals surface area contributed by atoms with E-state index in [1.807, 2.05) is 62.4 Å². The molecule has 0 aliphatic rings. The summed E-state index contributed by atoms with van der Waals surface area (Å²) in [5, 5.41) is 6.75. The molecular weight excluding hydrogens is 410 g/mol. The summed E-state index contributed by atoms with van der Waals surface area (Å²) in [6.07, 6.45) is -0.0347. The van der Waals surface area contributed by atoms with Crippen LogP contribution in [0.2, 0.25) is 0 Å². The lowest BCUT2D eigenvalue weighted by atomic mass is 10.2. The van der Waals surface area contributed by atoms with Gasteiger partial charge in [0.2, 0.25) is 11.7 Å². The predicted molar refractivity (Wildman–Crippen MR) is 105 cm³/mol. The number of carbonyl (C=O) groups excluding carboxylic acids is 1. The molecule has 3 rings (SSSR count). The fraction of sp³-hybridized carbons (Fsp3) is 0.250. The molecule has 1 atom stereocenters. The predicted octanol–water partition coefficient (Wildman–Crippen LogP) is 4.28. The van der Waals surface area contributed by atoms with Gasteiger partial charge in [0, 0.05) is 10.0 Å². The van der Waals surface area contributed by atoms with Crippen LogP contribution in [0, 0.1) is 6.92 Å². The van der Waals surface area contributed by atoms with E-state index in [4.69, 9.17) is 9.26 Å². The lowest BCUT2D eigenvalue weighted by Gasteiger charge is -2.16. The highest BCUT2D eigenvalue weighted by Crippen LogP contribution is 2.20. The van der Waals surface area contributed by atoms with E-state index in [9.17, 15) is 4.79 Å². The maximum absolute atomic E-state index is 12.4. The average Bonchev–Trinajstić information content (AvgIpc) is 3.15. The van der Waals surface area contributed by atoms with Crippen LogP contribution in [0.5, 0.6) is 5.75 Å². The van der Waals surface area contributed by atoms with Crippen molar-refractivity contribution in [1.29, 1.82) is 0 Å². The molecule has 2 aromatic carbocycles. The minimum Gasteiger partial charge on any atom is -0.481 e. The van der Waals surface area contributed by atoms with Crippen molar-refractivity contribution in [3.05, 3.63) is 64.5 Å². The first-order valence-electron chi connectivity index (χ1n) is 8.64. The molecule has 0 aliphatic carbocycles. The standard InChI is InChI=1S/C20H20BrN3O3/c1-3-17(26-16-9-7-13(2)8-10-16)20(25)22-12-18-23-19(24-27-18)14-5-4-6-15(21)11-14/h4-11,17H,3,12H2,1-2H3,(H,22,25). The Morgan fingerprint density at radius 1 is 1.26 bits per heavy atom. The molecule has 0 radical (unpaired) electrons. The zero-order valence-corrected chi connectivity index (χ0v) is 16.7. The normalized spacial score (nSPS) is 11.8. The highest BCUT2D eigenvalue weighted by molar-refractivity contribution is 9.10. The molecule has 1 amide bonds. The first-order valence-corrected chi connectivity index (χ1v) is 9.44. The van der Waals surface area contributed by atoms with Crippen LogP contribution in [0.4, 0.5) is 0 Å². The van der Waals surface area contributed by atoms with E-state index >= 15 is 0 Å². The molecule has 1 unspecified atom stereocenters. The molecule has 3 aromatic rings. The van der Waals surface area contributed by atoms with E-state index in [0.717, 1.165) is 15.6 Å². The third-order valence-corrected chi connectivity index (χ3v) is 4.42. The number of amides is 1. The maximum Gasteiger partial charge on any atom is 0.261 e. The number of ether oxygens (including phenoxy) is 1. The van der Waals surface area contributed by atoms with Gasteiger partial charge in [-0.15, -0.1) is 0 Å². The van der Waals surface area contributed by atoms with Crippen LogP contribution in [-0.2, 0) is 11.3 Å². The lowest BCUT2D eigenvalue weighted by molar-refractivity contribution is -0.128. The van der Waals surface area contributed by atoms with Crippen LogP contribution >= 0.6 is 15.9 Å². The number of halogens is 1. The Bertz CT molecular complexity index is 909. The fourth-order valence-corrected chi connectivity index (χ4v) is 2.85. The number of rotatable bonds is 7. The van der Waals surface area contributed by atoms with Gasteiger partial charge in [-0.1, -0.05) is 57.8 Å². The molecule has 27 heavy (non-hydrogen) atoms. The third kappa shape index (κ3) is 5.17. The van der Waals surface area contributed by atoms with Gasteiger partial charge in [-0.3, -0.25) is 4.79 Å². The zero-order valence-electron chi connectivity index (χ0n) is 15.1. The summed E-state index contributed by atoms with van der Waals surface area (Å²) < 4.78 is 11.9. The maximum atomic E-state index is 12.4. The number of aromatic nitrogens is 2. The Labute approximate surface area is 166 Å². The number of hydrogen-bond acceptors (Lipinski definition) is 5. The monoisotopic (exact) mass is 429 g/mol. The van der Waals surface area contributed by atoms with E-state index in [1.54, 1.807) is 0 Å². The van der Waals surface area contributed by atoms with Crippen LogP contribution in [0.3, 0.4) is 0 Å². The van der Waals surface area contributed by atoms with Crippen molar-refractivity contribution in [2.24, 2.45) is 0 Å². The van der Waals surface area contributed by atoms with Gasteiger partial charge < -0.3 is 14.6 Å². The van der Waals surface area contributed by atoms with Gasteiger partial charge in [0.05, 0.1) is 6.54 Å². The molecule has 0 fully saturated rings. The number of carbonyl (C=O) groups is 1. The Hall–Kier alpha value is -2.67. The molecule has 0 bridgehead atoms. The van der Waals surface area contributed by atoms with E-state index in [1.165, 1.54) is 0 Å². The second kappa shape index (κ2) is 8.81. The van der Waals surface area contributed by atoms with Gasteiger partial charge in [0.25, 0.3) is 5.91 Å². The second-order valence-corrected chi connectivity index (χ2v) is 6.98. The van der Waals surface area contributed by atoms with Gasteiger partial charge in [-0.05, 0) is 37.6 Å². The molecule has 140 valence electrons. The van der Waals surface area contributed by atoms with Crippen LogP contribution in [0.15, 0.2) is 57.5 Å². The molecule has 0 saturated carbocycles. The summed E-state index contributed by atoms with van der Waals surface area (Å²) in [7, 11) is 0. The molecule has 6 nitrogen and oxygen atoms in total. The van der Waals surface area contributed by atoms with Crippen molar-refractivity contribution in [1.82, 2.24) is 15.5 Å². The zero-order chi connectivity index (χ0) is 19.2. The summed E-state index contributed by atoms with van der Waals surface area (Å²) >= 11 is 3.41. The first-order chi connectivity index (χ1) is 13.0. The SMILES string of the molecule is CCC(Oc1ccc(C)cc1)C(=O)NCc1nc(-c2cccc(Br)c2)no1. The van der Waals surface area contributed by atoms with Gasteiger partial charge in [0.15, 0.2) is 6.10 Å². The lowest BCUT2D eigenvalue weighted by Crippen LogP contribution is -2.37. The number of benzene rings is 2.